The van der Waals surface area contributed by atoms with Crippen molar-refractivity contribution < 1.29 is 24.4 Å². The minimum atomic E-state index is -1.19. The van der Waals surface area contributed by atoms with E-state index in [1.54, 1.807) is 6.07 Å². The molecule has 1 aromatic carbocycles. The maximum Gasteiger partial charge on any atom is 0.326 e. The Kier molecular flexibility index (Phi) is 5.61. The van der Waals surface area contributed by atoms with Gasteiger partial charge in [-0.2, -0.15) is 0 Å². The van der Waals surface area contributed by atoms with Crippen LogP contribution in [0.3, 0.4) is 0 Å². The first-order valence-corrected chi connectivity index (χ1v) is 14.0. The molecule has 37 heavy (non-hydrogen) atoms. The number of nitro benzene ring substituents is 1. The van der Waals surface area contributed by atoms with E-state index in [4.69, 9.17) is 0 Å². The first-order chi connectivity index (χ1) is 17.6. The van der Waals surface area contributed by atoms with Gasteiger partial charge in [-0.25, -0.2) is 4.79 Å². The van der Waals surface area contributed by atoms with E-state index < -0.39 is 40.6 Å². The summed E-state index contributed by atoms with van der Waals surface area (Å²) in [5.41, 5.74) is 0.663. The van der Waals surface area contributed by atoms with E-state index >= 15 is 0 Å². The van der Waals surface area contributed by atoms with Crippen LogP contribution in [-0.4, -0.2) is 49.0 Å². The van der Waals surface area contributed by atoms with Gasteiger partial charge in [0.15, 0.2) is 0 Å². The number of aromatic nitrogens is 1. The fourth-order valence-corrected chi connectivity index (χ4v) is 10.2. The molecule has 12 heteroatoms. The molecule has 1 saturated heterocycles. The highest BCUT2D eigenvalue weighted by molar-refractivity contribution is 8.00. The van der Waals surface area contributed by atoms with Crippen molar-refractivity contribution in [3.05, 3.63) is 54.5 Å². The van der Waals surface area contributed by atoms with Crippen LogP contribution in [0, 0.1) is 45.6 Å². The first kappa shape index (κ1) is 24.4. The largest absolute Gasteiger partial charge is 0.480 e. The highest BCUT2D eigenvalue weighted by Crippen LogP contribution is 2.68. The number of thioether (sulfide) groups is 1. The van der Waals surface area contributed by atoms with Crippen molar-refractivity contribution in [3.63, 3.8) is 0 Å². The third-order valence-electron chi connectivity index (χ3n) is 8.49. The molecule has 1 aromatic heterocycles. The summed E-state index contributed by atoms with van der Waals surface area (Å²) < 4.78 is 0. The summed E-state index contributed by atoms with van der Waals surface area (Å²) in [6.45, 7) is 3.72. The molecule has 2 bridgehead atoms. The van der Waals surface area contributed by atoms with Crippen LogP contribution in [0.4, 0.5) is 5.69 Å². The lowest BCUT2D eigenvalue weighted by atomic mass is 9.68. The number of likely N-dealkylation sites (tertiary alicyclic amines) is 1. The van der Waals surface area contributed by atoms with Crippen LogP contribution in [0.5, 0.6) is 0 Å². The number of rotatable bonds is 6. The van der Waals surface area contributed by atoms with Crippen molar-refractivity contribution in [1.29, 1.82) is 0 Å². The molecule has 0 radical (unpaired) electrons. The van der Waals surface area contributed by atoms with E-state index in [1.165, 1.54) is 23.9 Å². The number of fused-ring (bicyclic) bond motifs is 9. The normalized spacial score (nSPS) is 32.4. The molecule has 2 aliphatic heterocycles. The van der Waals surface area contributed by atoms with Gasteiger partial charge in [0, 0.05) is 28.2 Å². The molecule has 2 saturated carbocycles. The molecule has 2 N–H and O–H groups in total. The fourth-order valence-electron chi connectivity index (χ4n) is 7.32. The summed E-state index contributed by atoms with van der Waals surface area (Å²) in [7, 11) is 0. The van der Waals surface area contributed by atoms with Crippen LogP contribution in [0.1, 0.15) is 43.0 Å². The Labute approximate surface area is 219 Å². The van der Waals surface area contributed by atoms with Gasteiger partial charge >= 0.3 is 10.8 Å². The quantitative estimate of drug-likeness (QED) is 0.320. The van der Waals surface area contributed by atoms with Crippen LogP contribution < -0.4 is 4.87 Å². The molecule has 2 aromatic rings. The van der Waals surface area contributed by atoms with E-state index in [0.29, 0.717) is 17.0 Å². The number of benzene rings is 1. The molecular weight excluding hydrogens is 518 g/mol. The Balaban J connectivity index is 1.43. The number of carbonyl (C=O) groups is 3. The predicted octanol–water partition coefficient (Wildman–Crippen LogP) is 3.32. The topological polar surface area (TPSA) is 151 Å². The van der Waals surface area contributed by atoms with Crippen LogP contribution in [0.2, 0.25) is 0 Å². The van der Waals surface area contributed by atoms with Gasteiger partial charge in [0.1, 0.15) is 6.04 Å². The van der Waals surface area contributed by atoms with Crippen LogP contribution in [0.25, 0.3) is 0 Å². The molecule has 194 valence electrons. The number of aliphatic carboxylic acids is 1. The zero-order chi connectivity index (χ0) is 26.3. The third kappa shape index (κ3) is 3.52. The molecular formula is C25H25N3O7S2. The van der Waals surface area contributed by atoms with Crippen LogP contribution in [-0.2, 0) is 14.4 Å². The highest BCUT2D eigenvalue weighted by Gasteiger charge is 2.70. The number of aromatic amines is 1. The molecule has 4 aliphatic rings. The Morgan fingerprint density at radius 2 is 1.92 bits per heavy atom. The standard InChI is InChI=1S/C25H25N3O7S2/c1-9(2)6-14(24(31)32)27-22(29)17-12-8-13(18(17)23(27)30)19-16(12)15(20-21(36-19)26-25(33)37-20)10-4-3-5-11(7-10)28(34)35/h3-5,7,9,12-19H,6,8H2,1-2H3,(H,26,33)(H,31,32)/t12-,13-,14-,15-,16-,17+,18-,19-/m1/s1. The maximum absolute atomic E-state index is 13.7. The SMILES string of the molecule is CC(C)C[C@H](C(=O)O)N1C(=O)[C@@H]2[C@H]3C[C@@H]([C@@H]2C1=O)[C@@H]1[C@@H](c2cccc([N+](=O)[O-])c2)c2sc(=O)[nH]c2S[C@H]31. The Hall–Kier alpha value is -2.99. The number of non-ortho nitro benzene ring substituents is 1. The zero-order valence-corrected chi connectivity index (χ0v) is 21.7. The van der Waals surface area contributed by atoms with E-state index in [9.17, 15) is 34.4 Å². The van der Waals surface area contributed by atoms with Gasteiger partial charge < -0.3 is 10.1 Å². The van der Waals surface area contributed by atoms with Gasteiger partial charge in [-0.05, 0) is 42.1 Å². The number of amides is 2. The number of H-pyrrole nitrogens is 1. The second-order valence-corrected chi connectivity index (χ2v) is 13.0. The van der Waals surface area contributed by atoms with Gasteiger partial charge in [-0.1, -0.05) is 37.3 Å². The van der Waals surface area contributed by atoms with Crippen LogP contribution >= 0.6 is 23.1 Å². The molecule has 0 unspecified atom stereocenters. The van der Waals surface area contributed by atoms with Gasteiger partial charge in [0.25, 0.3) is 5.69 Å². The third-order valence-corrected chi connectivity index (χ3v) is 11.1. The number of nitro groups is 1. The van der Waals surface area contributed by atoms with E-state index in [-0.39, 0.29) is 51.8 Å². The fraction of sp³-hybridized carbons (Fsp3) is 0.520. The van der Waals surface area contributed by atoms with E-state index in [2.05, 4.69) is 4.98 Å². The van der Waals surface area contributed by atoms with Gasteiger partial charge in [-0.15, -0.1) is 11.8 Å². The highest BCUT2D eigenvalue weighted by atomic mass is 32.2. The summed E-state index contributed by atoms with van der Waals surface area (Å²) in [6.07, 6.45) is 0.855. The summed E-state index contributed by atoms with van der Waals surface area (Å²) in [5.74, 6) is -3.94. The minimum Gasteiger partial charge on any atom is -0.480 e. The number of hydrogen-bond donors (Lipinski definition) is 2. The van der Waals surface area contributed by atoms with Crippen molar-refractivity contribution in [2.75, 3.05) is 0 Å². The molecule has 3 heterocycles. The average molecular weight is 544 g/mol. The second-order valence-electron chi connectivity index (χ2n) is 10.8. The number of carboxylic acids is 1. The summed E-state index contributed by atoms with van der Waals surface area (Å²) in [6, 6.07) is 5.22. The summed E-state index contributed by atoms with van der Waals surface area (Å²) >= 11 is 2.61. The zero-order valence-electron chi connectivity index (χ0n) is 20.0. The van der Waals surface area contributed by atoms with Crippen LogP contribution in [0.15, 0.2) is 34.1 Å². The number of carbonyl (C=O) groups excluding carboxylic acids is 2. The predicted molar refractivity (Wildman–Crippen MR) is 134 cm³/mol. The van der Waals surface area contributed by atoms with Crippen molar-refractivity contribution in [3.8, 4) is 0 Å². The average Bonchev–Trinajstić information content (AvgIpc) is 3.56. The van der Waals surface area contributed by atoms with Crippen molar-refractivity contribution in [2.45, 2.75) is 48.9 Å². The van der Waals surface area contributed by atoms with Gasteiger partial charge in [0.05, 0.1) is 21.8 Å². The Bertz CT molecular complexity index is 1400. The molecule has 2 aliphatic carbocycles. The monoisotopic (exact) mass is 543 g/mol. The molecule has 10 nitrogen and oxygen atoms in total. The van der Waals surface area contributed by atoms with Crippen molar-refractivity contribution in [2.24, 2.45) is 35.5 Å². The lowest BCUT2D eigenvalue weighted by Crippen LogP contribution is -2.47. The van der Waals surface area contributed by atoms with Crippen molar-refractivity contribution in [1.82, 2.24) is 9.88 Å². The number of thiazole rings is 1. The van der Waals surface area contributed by atoms with Gasteiger partial charge in [0.2, 0.25) is 11.8 Å². The minimum absolute atomic E-state index is 0.0111. The molecule has 3 fully saturated rings. The Morgan fingerprint density at radius 1 is 1.22 bits per heavy atom. The molecule has 2 amide bonds. The first-order valence-electron chi connectivity index (χ1n) is 12.3. The number of carboxylic acid groups (broad SMARTS) is 1. The van der Waals surface area contributed by atoms with E-state index in [1.807, 2.05) is 19.9 Å². The van der Waals surface area contributed by atoms with Crippen molar-refractivity contribution >= 4 is 46.6 Å². The number of nitrogens with one attached hydrogen (secondary N) is 1. The maximum atomic E-state index is 13.7. The lowest BCUT2D eigenvalue weighted by molar-refractivity contribution is -0.384. The second kappa shape index (κ2) is 8.52. The number of nitrogens with zero attached hydrogens (tertiary/aromatic N) is 2. The summed E-state index contributed by atoms with van der Waals surface area (Å²) in [5, 5.41) is 22.0. The van der Waals surface area contributed by atoms with Gasteiger partial charge in [-0.3, -0.25) is 29.4 Å². The molecule has 8 atom stereocenters. The number of imide groups is 1. The summed E-state index contributed by atoms with van der Waals surface area (Å²) in [4.78, 5) is 67.3. The van der Waals surface area contributed by atoms with E-state index in [0.717, 1.165) is 21.1 Å². The lowest BCUT2D eigenvalue weighted by Gasteiger charge is -2.43. The smallest absolute Gasteiger partial charge is 0.326 e. The number of hydrogen-bond acceptors (Lipinski definition) is 8. The molecule has 0 spiro atoms. The Morgan fingerprint density at radius 3 is 2.57 bits per heavy atom. The molecule has 6 rings (SSSR count).